The summed E-state index contributed by atoms with van der Waals surface area (Å²) in [7, 11) is 4.71. The van der Waals surface area contributed by atoms with Crippen molar-refractivity contribution in [1.82, 2.24) is 5.32 Å². The minimum absolute atomic E-state index is 0.0177. The summed E-state index contributed by atoms with van der Waals surface area (Å²) >= 11 is 0. The van der Waals surface area contributed by atoms with Crippen LogP contribution in [0.2, 0.25) is 0 Å². The second kappa shape index (κ2) is 11.7. The van der Waals surface area contributed by atoms with E-state index in [9.17, 15) is 9.59 Å². The van der Waals surface area contributed by atoms with Crippen molar-refractivity contribution in [2.75, 3.05) is 44.9 Å². The van der Waals surface area contributed by atoms with Gasteiger partial charge in [0.15, 0.2) is 28.8 Å². The van der Waals surface area contributed by atoms with Crippen molar-refractivity contribution in [3.8, 4) is 28.7 Å². The molecule has 2 N–H and O–H groups in total. The van der Waals surface area contributed by atoms with E-state index < -0.39 is 6.04 Å². The number of rotatable bonds is 8. The number of para-hydroxylation sites is 2. The molecule has 1 atom stereocenters. The number of ether oxygens (including phenoxy) is 5. The second-order valence-electron chi connectivity index (χ2n) is 11.9. The molecule has 1 amide bonds. The maximum absolute atomic E-state index is 14.1. The number of anilines is 2. The van der Waals surface area contributed by atoms with Crippen molar-refractivity contribution in [2.24, 2.45) is 5.41 Å². The molecule has 0 saturated carbocycles. The number of amides is 1. The van der Waals surface area contributed by atoms with E-state index in [0.29, 0.717) is 59.3 Å². The fourth-order valence-electron chi connectivity index (χ4n) is 6.28. The Labute approximate surface area is 256 Å². The molecule has 10 heteroatoms. The molecule has 3 aromatic rings. The standard InChI is InChI=1S/C34H37N3O7/c1-34(2)15-23-32(25(38)16-34)33(21-13-28(41-4)29(42-5)14-27(21)40-3)37(24-9-7-6-8-22(24)36-23)18-31(39)35-17-20-10-11-26-30(12-20)44-19-43-26/h6-14,33,36H,15-19H2,1-5H3,(H,35,39). The minimum atomic E-state index is -0.657. The highest BCUT2D eigenvalue weighted by atomic mass is 16.7. The van der Waals surface area contributed by atoms with E-state index in [1.54, 1.807) is 27.4 Å². The SMILES string of the molecule is COc1cc(OC)c(C2C3=C(CC(C)(C)CC3=O)Nc3ccccc3N2CC(=O)NCc2ccc3c(c2)OCO3)cc1OC. The number of Topliss-reactive ketones (excluding diaryl/α,β-unsaturated/α-hetero) is 1. The molecular formula is C34H37N3O7. The monoisotopic (exact) mass is 599 g/mol. The zero-order chi connectivity index (χ0) is 31.0. The molecular weight excluding hydrogens is 562 g/mol. The van der Waals surface area contributed by atoms with Crippen molar-refractivity contribution < 1.29 is 33.3 Å². The number of nitrogens with zero attached hydrogens (tertiary/aromatic N) is 1. The van der Waals surface area contributed by atoms with E-state index >= 15 is 0 Å². The molecule has 3 aliphatic rings. The number of nitrogens with one attached hydrogen (secondary N) is 2. The summed E-state index contributed by atoms with van der Waals surface area (Å²) in [5, 5.41) is 6.64. The molecule has 2 aliphatic heterocycles. The molecule has 6 rings (SSSR count). The van der Waals surface area contributed by atoms with E-state index in [-0.39, 0.29) is 30.4 Å². The van der Waals surface area contributed by atoms with Crippen LogP contribution in [0.3, 0.4) is 0 Å². The van der Waals surface area contributed by atoms with E-state index in [2.05, 4.69) is 24.5 Å². The number of carbonyl (C=O) groups is 2. The summed E-state index contributed by atoms with van der Waals surface area (Å²) in [6.45, 7) is 4.65. The zero-order valence-electron chi connectivity index (χ0n) is 25.6. The summed E-state index contributed by atoms with van der Waals surface area (Å²) in [4.78, 5) is 29.8. The predicted octanol–water partition coefficient (Wildman–Crippen LogP) is 5.37. The third kappa shape index (κ3) is 5.47. The maximum Gasteiger partial charge on any atom is 0.239 e. The Morgan fingerprint density at radius 3 is 2.45 bits per heavy atom. The molecule has 1 aliphatic carbocycles. The van der Waals surface area contributed by atoms with Crippen LogP contribution in [0, 0.1) is 5.41 Å². The van der Waals surface area contributed by atoms with E-state index in [4.69, 9.17) is 23.7 Å². The number of allylic oxidation sites excluding steroid dienone is 1. The largest absolute Gasteiger partial charge is 0.496 e. The van der Waals surface area contributed by atoms with Gasteiger partial charge in [-0.1, -0.05) is 32.0 Å². The number of fused-ring (bicyclic) bond motifs is 2. The van der Waals surface area contributed by atoms with E-state index in [0.717, 1.165) is 22.6 Å². The number of methoxy groups -OCH3 is 3. The molecule has 0 saturated heterocycles. The van der Waals surface area contributed by atoms with Gasteiger partial charge in [0.05, 0.1) is 45.3 Å². The van der Waals surface area contributed by atoms with E-state index in [1.807, 2.05) is 53.4 Å². The lowest BCUT2D eigenvalue weighted by atomic mass is 9.73. The van der Waals surface area contributed by atoms with Gasteiger partial charge in [-0.3, -0.25) is 9.59 Å². The first-order valence-corrected chi connectivity index (χ1v) is 14.6. The van der Waals surface area contributed by atoms with Gasteiger partial charge < -0.3 is 39.2 Å². The summed E-state index contributed by atoms with van der Waals surface area (Å²) in [6.07, 6.45) is 1.04. The van der Waals surface area contributed by atoms with Crippen molar-refractivity contribution in [2.45, 2.75) is 39.3 Å². The Hall–Kier alpha value is -4.86. The topological polar surface area (TPSA) is 108 Å². The number of hydrogen-bond acceptors (Lipinski definition) is 9. The van der Waals surface area contributed by atoms with E-state index in [1.165, 1.54) is 0 Å². The molecule has 0 radical (unpaired) electrons. The molecule has 0 aromatic heterocycles. The van der Waals surface area contributed by atoms with Gasteiger partial charge >= 0.3 is 0 Å². The van der Waals surface area contributed by atoms with Crippen molar-refractivity contribution in [3.63, 3.8) is 0 Å². The minimum Gasteiger partial charge on any atom is -0.496 e. The van der Waals surface area contributed by atoms with Gasteiger partial charge in [-0.05, 0) is 47.7 Å². The van der Waals surface area contributed by atoms with Crippen LogP contribution in [0.4, 0.5) is 11.4 Å². The van der Waals surface area contributed by atoms with Crippen molar-refractivity contribution in [1.29, 1.82) is 0 Å². The highest BCUT2D eigenvalue weighted by Gasteiger charge is 2.43. The molecule has 3 aromatic carbocycles. The Morgan fingerprint density at radius 2 is 1.68 bits per heavy atom. The van der Waals surface area contributed by atoms with Crippen LogP contribution in [0.1, 0.15) is 43.9 Å². The normalized spacial score (nSPS) is 18.1. The van der Waals surface area contributed by atoms with Crippen LogP contribution in [-0.2, 0) is 16.1 Å². The first-order valence-electron chi connectivity index (χ1n) is 14.6. The van der Waals surface area contributed by atoms with Gasteiger partial charge in [0.1, 0.15) is 5.75 Å². The van der Waals surface area contributed by atoms with Crippen LogP contribution >= 0.6 is 0 Å². The fourth-order valence-corrected chi connectivity index (χ4v) is 6.28. The number of hydrogen-bond donors (Lipinski definition) is 2. The van der Waals surface area contributed by atoms with Crippen molar-refractivity contribution in [3.05, 3.63) is 77.0 Å². The first-order chi connectivity index (χ1) is 21.2. The Bertz CT molecular complexity index is 1650. The van der Waals surface area contributed by atoms with Crippen LogP contribution < -0.4 is 39.2 Å². The molecule has 230 valence electrons. The van der Waals surface area contributed by atoms with Crippen LogP contribution in [0.5, 0.6) is 28.7 Å². The molecule has 10 nitrogen and oxygen atoms in total. The summed E-state index contributed by atoms with van der Waals surface area (Å²) < 4.78 is 28.0. The van der Waals surface area contributed by atoms with Crippen LogP contribution in [0.25, 0.3) is 0 Å². The summed E-state index contributed by atoms with van der Waals surface area (Å²) in [5.41, 5.74) is 4.38. The lowest BCUT2D eigenvalue weighted by Gasteiger charge is -2.38. The maximum atomic E-state index is 14.1. The predicted molar refractivity (Wildman–Crippen MR) is 166 cm³/mol. The van der Waals surface area contributed by atoms with Gasteiger partial charge in [-0.2, -0.15) is 0 Å². The number of ketones is 1. The smallest absolute Gasteiger partial charge is 0.239 e. The fraction of sp³-hybridized carbons (Fsp3) is 0.353. The Morgan fingerprint density at radius 1 is 0.955 bits per heavy atom. The first kappa shape index (κ1) is 29.2. The van der Waals surface area contributed by atoms with Gasteiger partial charge in [0.2, 0.25) is 12.7 Å². The molecule has 2 heterocycles. The Balaban J connectivity index is 1.44. The molecule has 0 bridgehead atoms. The third-order valence-corrected chi connectivity index (χ3v) is 8.28. The molecule has 0 fully saturated rings. The average Bonchev–Trinajstić information content (AvgIpc) is 3.43. The molecule has 44 heavy (non-hydrogen) atoms. The highest BCUT2D eigenvalue weighted by molar-refractivity contribution is 6.02. The van der Waals surface area contributed by atoms with Gasteiger partial charge in [-0.15, -0.1) is 0 Å². The number of benzene rings is 3. The molecule has 1 unspecified atom stereocenters. The second-order valence-corrected chi connectivity index (χ2v) is 11.9. The van der Waals surface area contributed by atoms with Crippen LogP contribution in [-0.4, -0.2) is 46.4 Å². The van der Waals surface area contributed by atoms with Crippen molar-refractivity contribution >= 4 is 23.1 Å². The third-order valence-electron chi connectivity index (χ3n) is 8.28. The lowest BCUT2D eigenvalue weighted by molar-refractivity contribution is -0.121. The lowest BCUT2D eigenvalue weighted by Crippen LogP contribution is -2.42. The zero-order valence-corrected chi connectivity index (χ0v) is 25.6. The highest BCUT2D eigenvalue weighted by Crippen LogP contribution is 2.51. The average molecular weight is 600 g/mol. The number of carbonyl (C=O) groups excluding carboxylic acids is 2. The van der Waals surface area contributed by atoms with Crippen LogP contribution in [0.15, 0.2) is 65.9 Å². The van der Waals surface area contributed by atoms with Gasteiger partial charge in [0.25, 0.3) is 0 Å². The van der Waals surface area contributed by atoms with Gasteiger partial charge in [0, 0.05) is 35.9 Å². The quantitative estimate of drug-likeness (QED) is 0.353. The van der Waals surface area contributed by atoms with Gasteiger partial charge in [-0.25, -0.2) is 0 Å². The summed E-state index contributed by atoms with van der Waals surface area (Å²) in [5.74, 6) is 2.65. The molecule has 0 spiro atoms. The summed E-state index contributed by atoms with van der Waals surface area (Å²) in [6, 6.07) is 16.3. The Kier molecular flexibility index (Phi) is 7.75.